The number of aromatic nitrogens is 2. The monoisotopic (exact) mass is 325 g/mol. The second-order valence-electron chi connectivity index (χ2n) is 4.71. The van der Waals surface area contributed by atoms with Crippen LogP contribution in [0, 0.1) is 11.3 Å². The van der Waals surface area contributed by atoms with Crippen LogP contribution < -0.4 is 0 Å². The summed E-state index contributed by atoms with van der Waals surface area (Å²) < 4.78 is 1.99. The summed E-state index contributed by atoms with van der Waals surface area (Å²) in [5.41, 5.74) is 1.77. The van der Waals surface area contributed by atoms with Crippen molar-refractivity contribution in [2.45, 2.75) is 16.3 Å². The fraction of sp³-hybridized carbons (Fsp3) is 0.0588. The molecule has 0 bridgehead atoms. The molecule has 0 aliphatic carbocycles. The lowest BCUT2D eigenvalue weighted by Gasteiger charge is -2.09. The van der Waals surface area contributed by atoms with Gasteiger partial charge in [-0.3, -0.25) is 0 Å². The van der Waals surface area contributed by atoms with Gasteiger partial charge in [0, 0.05) is 28.7 Å². The number of hydrogen-bond donors (Lipinski definition) is 0. The molecule has 0 spiro atoms. The number of halogens is 1. The first-order valence-electron chi connectivity index (χ1n) is 6.67. The molecule has 3 nitrogen and oxygen atoms in total. The van der Waals surface area contributed by atoms with Gasteiger partial charge >= 0.3 is 0 Å². The standard InChI is InChI=1S/C17H12ClN3S/c18-15-3-1-2-4-16(15)22-17-9-13(5-6-14(17)10-19)11-21-8-7-20-12-21/h1-9,12H,11H2. The van der Waals surface area contributed by atoms with Crippen LogP contribution in [-0.4, -0.2) is 9.55 Å². The van der Waals surface area contributed by atoms with E-state index in [1.165, 1.54) is 11.8 Å². The lowest BCUT2D eigenvalue weighted by Crippen LogP contribution is -1.97. The minimum Gasteiger partial charge on any atom is -0.333 e. The van der Waals surface area contributed by atoms with E-state index in [0.717, 1.165) is 21.9 Å². The van der Waals surface area contributed by atoms with Gasteiger partial charge in [0.05, 0.1) is 16.9 Å². The van der Waals surface area contributed by atoms with E-state index < -0.39 is 0 Å². The first-order valence-corrected chi connectivity index (χ1v) is 7.87. The summed E-state index contributed by atoms with van der Waals surface area (Å²) in [6.45, 7) is 0.724. The molecular formula is C17H12ClN3S. The zero-order chi connectivity index (χ0) is 15.4. The molecule has 0 amide bonds. The Balaban J connectivity index is 1.92. The average molecular weight is 326 g/mol. The van der Waals surface area contributed by atoms with E-state index in [4.69, 9.17) is 11.6 Å². The van der Waals surface area contributed by atoms with Crippen LogP contribution in [0.2, 0.25) is 5.02 Å². The van der Waals surface area contributed by atoms with Crippen LogP contribution in [0.5, 0.6) is 0 Å². The minimum absolute atomic E-state index is 0.652. The molecule has 1 aromatic heterocycles. The van der Waals surface area contributed by atoms with Gasteiger partial charge in [0.15, 0.2) is 0 Å². The molecule has 108 valence electrons. The SMILES string of the molecule is N#Cc1ccc(Cn2ccnc2)cc1Sc1ccccc1Cl. The number of nitriles is 1. The van der Waals surface area contributed by atoms with E-state index >= 15 is 0 Å². The highest BCUT2D eigenvalue weighted by Crippen LogP contribution is 2.35. The Morgan fingerprint density at radius 2 is 2.05 bits per heavy atom. The third kappa shape index (κ3) is 3.33. The van der Waals surface area contributed by atoms with Crippen molar-refractivity contribution in [2.75, 3.05) is 0 Å². The van der Waals surface area contributed by atoms with Crippen molar-refractivity contribution in [1.82, 2.24) is 9.55 Å². The molecule has 0 N–H and O–H groups in total. The zero-order valence-electron chi connectivity index (χ0n) is 11.6. The van der Waals surface area contributed by atoms with Crippen molar-refractivity contribution in [3.05, 3.63) is 77.3 Å². The van der Waals surface area contributed by atoms with Crippen LogP contribution in [0.4, 0.5) is 0 Å². The molecule has 22 heavy (non-hydrogen) atoms. The summed E-state index contributed by atoms with van der Waals surface area (Å²) in [6, 6.07) is 15.7. The molecule has 0 radical (unpaired) electrons. The molecule has 0 aliphatic rings. The van der Waals surface area contributed by atoms with E-state index in [9.17, 15) is 5.26 Å². The van der Waals surface area contributed by atoms with Gasteiger partial charge in [-0.05, 0) is 29.8 Å². The van der Waals surface area contributed by atoms with Gasteiger partial charge in [0.1, 0.15) is 6.07 Å². The fourth-order valence-electron chi connectivity index (χ4n) is 2.08. The summed E-state index contributed by atoms with van der Waals surface area (Å²) in [4.78, 5) is 5.90. The zero-order valence-corrected chi connectivity index (χ0v) is 13.2. The molecule has 0 aliphatic heterocycles. The second kappa shape index (κ2) is 6.69. The van der Waals surface area contributed by atoms with Crippen LogP contribution in [0.1, 0.15) is 11.1 Å². The van der Waals surface area contributed by atoms with Crippen LogP contribution in [0.25, 0.3) is 0 Å². The number of hydrogen-bond acceptors (Lipinski definition) is 3. The van der Waals surface area contributed by atoms with Crippen molar-refractivity contribution in [3.63, 3.8) is 0 Å². The molecule has 2 aromatic carbocycles. The van der Waals surface area contributed by atoms with Crippen LogP contribution in [0.3, 0.4) is 0 Å². The molecule has 3 rings (SSSR count). The number of benzene rings is 2. The normalized spacial score (nSPS) is 10.4. The van der Waals surface area contributed by atoms with Gasteiger partial charge in [0.25, 0.3) is 0 Å². The van der Waals surface area contributed by atoms with Gasteiger partial charge in [0.2, 0.25) is 0 Å². The smallest absolute Gasteiger partial charge is 0.100 e. The predicted octanol–water partition coefficient (Wildman–Crippen LogP) is 4.61. The third-order valence-electron chi connectivity index (χ3n) is 3.15. The summed E-state index contributed by atoms with van der Waals surface area (Å²) in [5, 5.41) is 9.99. The van der Waals surface area contributed by atoms with Gasteiger partial charge in [-0.1, -0.05) is 41.6 Å². The molecule has 0 saturated carbocycles. The molecule has 0 atom stereocenters. The fourth-order valence-corrected chi connectivity index (χ4v) is 3.31. The summed E-state index contributed by atoms with van der Waals surface area (Å²) in [5.74, 6) is 0. The lowest BCUT2D eigenvalue weighted by molar-refractivity contribution is 0.795. The van der Waals surface area contributed by atoms with Gasteiger partial charge in [-0.15, -0.1) is 0 Å². The Morgan fingerprint density at radius 1 is 1.18 bits per heavy atom. The quantitative estimate of drug-likeness (QED) is 0.703. The highest BCUT2D eigenvalue weighted by atomic mass is 35.5. The van der Waals surface area contributed by atoms with E-state index in [2.05, 4.69) is 11.1 Å². The minimum atomic E-state index is 0.652. The largest absolute Gasteiger partial charge is 0.333 e. The summed E-state index contributed by atoms with van der Waals surface area (Å²) in [6.07, 6.45) is 5.45. The van der Waals surface area contributed by atoms with Gasteiger partial charge in [-0.2, -0.15) is 5.26 Å². The Labute approximate surface area is 138 Å². The van der Waals surface area contributed by atoms with Crippen molar-refractivity contribution in [1.29, 1.82) is 5.26 Å². The van der Waals surface area contributed by atoms with Crippen molar-refractivity contribution in [3.8, 4) is 6.07 Å². The van der Waals surface area contributed by atoms with E-state index in [1.807, 2.05) is 53.2 Å². The highest BCUT2D eigenvalue weighted by molar-refractivity contribution is 7.99. The first-order chi connectivity index (χ1) is 10.8. The molecular weight excluding hydrogens is 314 g/mol. The number of rotatable bonds is 4. The van der Waals surface area contributed by atoms with Crippen molar-refractivity contribution in [2.24, 2.45) is 0 Å². The molecule has 3 aromatic rings. The van der Waals surface area contributed by atoms with E-state index in [1.54, 1.807) is 12.5 Å². The second-order valence-corrected chi connectivity index (χ2v) is 6.20. The topological polar surface area (TPSA) is 41.6 Å². The average Bonchev–Trinajstić information content (AvgIpc) is 3.03. The number of nitrogens with zero attached hydrogens (tertiary/aromatic N) is 3. The maximum absolute atomic E-state index is 9.30. The lowest BCUT2D eigenvalue weighted by atomic mass is 10.1. The molecule has 0 saturated heterocycles. The Hall–Kier alpha value is -2.22. The summed E-state index contributed by atoms with van der Waals surface area (Å²) in [7, 11) is 0. The number of imidazole rings is 1. The Kier molecular flexibility index (Phi) is 4.47. The third-order valence-corrected chi connectivity index (χ3v) is 4.72. The van der Waals surface area contributed by atoms with Gasteiger partial charge in [-0.25, -0.2) is 4.98 Å². The van der Waals surface area contributed by atoms with Crippen molar-refractivity contribution < 1.29 is 0 Å². The van der Waals surface area contributed by atoms with Crippen LogP contribution in [0.15, 0.2) is 71.0 Å². The van der Waals surface area contributed by atoms with E-state index in [0.29, 0.717) is 10.6 Å². The molecule has 0 unspecified atom stereocenters. The first kappa shape index (κ1) is 14.7. The predicted molar refractivity (Wildman–Crippen MR) is 88.1 cm³/mol. The van der Waals surface area contributed by atoms with Crippen molar-refractivity contribution >= 4 is 23.4 Å². The molecule has 0 fully saturated rings. The maximum atomic E-state index is 9.30. The van der Waals surface area contributed by atoms with Crippen LogP contribution in [-0.2, 0) is 6.54 Å². The maximum Gasteiger partial charge on any atom is 0.100 e. The van der Waals surface area contributed by atoms with E-state index in [-0.39, 0.29) is 0 Å². The molecule has 5 heteroatoms. The van der Waals surface area contributed by atoms with Crippen LogP contribution >= 0.6 is 23.4 Å². The van der Waals surface area contributed by atoms with Gasteiger partial charge < -0.3 is 4.57 Å². The molecule has 1 heterocycles. The highest BCUT2D eigenvalue weighted by Gasteiger charge is 2.08. The summed E-state index contributed by atoms with van der Waals surface area (Å²) >= 11 is 7.72. The Bertz CT molecular complexity index is 822. The Morgan fingerprint density at radius 3 is 2.77 bits per heavy atom.